The minimum Gasteiger partial charge on any atom is -0.480 e. The molecule has 14 heavy (non-hydrogen) atoms. The van der Waals surface area contributed by atoms with Gasteiger partial charge in [0.15, 0.2) is 0 Å². The molecule has 0 spiro atoms. The van der Waals surface area contributed by atoms with Gasteiger partial charge in [-0.25, -0.2) is 9.78 Å². The first-order valence-electron chi connectivity index (χ1n) is 4.67. The summed E-state index contributed by atoms with van der Waals surface area (Å²) in [5.74, 6) is -0.0135. The summed E-state index contributed by atoms with van der Waals surface area (Å²) in [7, 11) is 1.87. The number of carbonyl (C=O) groups is 1. The van der Waals surface area contributed by atoms with Crippen molar-refractivity contribution in [1.29, 1.82) is 0 Å². The average Bonchev–Trinajstić information content (AvgIpc) is 2.70. The largest absolute Gasteiger partial charge is 0.480 e. The molecule has 0 amide bonds. The second-order valence-corrected chi connectivity index (χ2v) is 3.53. The molecule has 1 unspecified atom stereocenters. The Morgan fingerprint density at radius 2 is 2.50 bits per heavy atom. The van der Waals surface area contributed by atoms with Crippen molar-refractivity contribution in [3.63, 3.8) is 0 Å². The molecule has 1 atom stereocenters. The Hall–Kier alpha value is -1.52. The van der Waals surface area contributed by atoms with Crippen molar-refractivity contribution >= 4 is 11.9 Å². The first kappa shape index (κ1) is 9.05. The fourth-order valence-corrected chi connectivity index (χ4v) is 1.90. The van der Waals surface area contributed by atoms with Crippen molar-refractivity contribution in [2.24, 2.45) is 7.05 Å². The average molecular weight is 195 g/mol. The lowest BCUT2D eigenvalue weighted by atomic mass is 10.2. The highest BCUT2D eigenvalue weighted by molar-refractivity contribution is 5.78. The molecule has 1 aromatic rings. The molecule has 0 radical (unpaired) electrons. The number of rotatable bonds is 2. The number of hydrogen-bond acceptors (Lipinski definition) is 3. The minimum absolute atomic E-state index is 0.406. The highest BCUT2D eigenvalue weighted by atomic mass is 16.4. The minimum atomic E-state index is -0.759. The third-order valence-electron chi connectivity index (χ3n) is 2.59. The number of anilines is 1. The molecule has 0 bridgehead atoms. The second kappa shape index (κ2) is 3.32. The lowest BCUT2D eigenvalue weighted by Gasteiger charge is -2.22. The zero-order valence-corrected chi connectivity index (χ0v) is 8.05. The molecule has 76 valence electrons. The van der Waals surface area contributed by atoms with Gasteiger partial charge in [0.1, 0.15) is 6.04 Å². The molecule has 0 aromatic carbocycles. The molecule has 1 saturated heterocycles. The maximum Gasteiger partial charge on any atom is 0.326 e. The van der Waals surface area contributed by atoms with Crippen LogP contribution in [0.3, 0.4) is 0 Å². The lowest BCUT2D eigenvalue weighted by Crippen LogP contribution is -2.37. The number of aromatic nitrogens is 2. The van der Waals surface area contributed by atoms with Crippen molar-refractivity contribution in [3.05, 3.63) is 12.4 Å². The highest BCUT2D eigenvalue weighted by Gasteiger charge is 2.32. The van der Waals surface area contributed by atoms with Crippen LogP contribution in [0.15, 0.2) is 12.4 Å². The van der Waals surface area contributed by atoms with Crippen molar-refractivity contribution < 1.29 is 9.90 Å². The molecule has 5 heteroatoms. The van der Waals surface area contributed by atoms with E-state index in [9.17, 15) is 4.79 Å². The molecule has 1 N–H and O–H groups in total. The number of imidazole rings is 1. The molecule has 1 aliphatic rings. The van der Waals surface area contributed by atoms with Crippen LogP contribution in [0.1, 0.15) is 12.8 Å². The van der Waals surface area contributed by atoms with Gasteiger partial charge in [-0.15, -0.1) is 0 Å². The number of carboxylic acid groups (broad SMARTS) is 1. The maximum atomic E-state index is 10.9. The number of aryl methyl sites for hydroxylation is 1. The number of carboxylic acids is 1. The first-order valence-corrected chi connectivity index (χ1v) is 4.67. The Kier molecular flexibility index (Phi) is 2.15. The van der Waals surface area contributed by atoms with Gasteiger partial charge >= 0.3 is 5.97 Å². The van der Waals surface area contributed by atoms with Crippen LogP contribution in [0.4, 0.5) is 5.95 Å². The quantitative estimate of drug-likeness (QED) is 0.745. The van der Waals surface area contributed by atoms with E-state index in [2.05, 4.69) is 4.98 Å². The van der Waals surface area contributed by atoms with Crippen LogP contribution in [0.2, 0.25) is 0 Å². The summed E-state index contributed by atoms with van der Waals surface area (Å²) >= 11 is 0. The summed E-state index contributed by atoms with van der Waals surface area (Å²) < 4.78 is 1.85. The molecular formula is C9H13N3O2. The van der Waals surface area contributed by atoms with Crippen molar-refractivity contribution in [3.8, 4) is 0 Å². The third kappa shape index (κ3) is 1.34. The summed E-state index contributed by atoms with van der Waals surface area (Å²) in [6.07, 6.45) is 5.14. The van der Waals surface area contributed by atoms with Crippen LogP contribution < -0.4 is 4.90 Å². The van der Waals surface area contributed by atoms with Gasteiger partial charge in [-0.3, -0.25) is 0 Å². The molecule has 1 fully saturated rings. The van der Waals surface area contributed by atoms with E-state index in [-0.39, 0.29) is 0 Å². The van der Waals surface area contributed by atoms with Gasteiger partial charge in [0, 0.05) is 26.0 Å². The van der Waals surface area contributed by atoms with Gasteiger partial charge in [0.05, 0.1) is 0 Å². The van der Waals surface area contributed by atoms with Crippen molar-refractivity contribution in [2.75, 3.05) is 11.4 Å². The third-order valence-corrected chi connectivity index (χ3v) is 2.59. The van der Waals surface area contributed by atoms with Gasteiger partial charge in [0.2, 0.25) is 5.95 Å². The molecular weight excluding hydrogens is 182 g/mol. The Morgan fingerprint density at radius 3 is 3.07 bits per heavy atom. The summed E-state index contributed by atoms with van der Waals surface area (Å²) in [4.78, 5) is 16.9. The van der Waals surface area contributed by atoms with E-state index in [1.807, 2.05) is 22.7 Å². The van der Waals surface area contributed by atoms with Crippen LogP contribution in [-0.2, 0) is 11.8 Å². The maximum absolute atomic E-state index is 10.9. The van der Waals surface area contributed by atoms with Gasteiger partial charge in [-0.2, -0.15) is 0 Å². The fourth-order valence-electron chi connectivity index (χ4n) is 1.90. The molecule has 2 rings (SSSR count). The molecule has 0 aliphatic carbocycles. The molecule has 2 heterocycles. The van der Waals surface area contributed by atoms with E-state index in [4.69, 9.17) is 5.11 Å². The SMILES string of the molecule is Cn1ccnc1N1CCCC1C(=O)O. The molecule has 1 aromatic heterocycles. The predicted octanol–water partition coefficient (Wildman–Crippen LogP) is 0.473. The summed E-state index contributed by atoms with van der Waals surface area (Å²) in [6, 6.07) is -0.406. The van der Waals surface area contributed by atoms with E-state index in [1.54, 1.807) is 6.20 Å². The Morgan fingerprint density at radius 1 is 1.71 bits per heavy atom. The summed E-state index contributed by atoms with van der Waals surface area (Å²) in [6.45, 7) is 0.780. The zero-order chi connectivity index (χ0) is 10.1. The second-order valence-electron chi connectivity index (χ2n) is 3.53. The Bertz CT molecular complexity index is 348. The van der Waals surface area contributed by atoms with E-state index in [0.717, 1.165) is 18.9 Å². The molecule has 0 saturated carbocycles. The number of hydrogen-bond donors (Lipinski definition) is 1. The van der Waals surface area contributed by atoms with Crippen LogP contribution in [0, 0.1) is 0 Å². The van der Waals surface area contributed by atoms with E-state index >= 15 is 0 Å². The normalized spacial score (nSPS) is 21.5. The van der Waals surface area contributed by atoms with Gasteiger partial charge in [0.25, 0.3) is 0 Å². The fraction of sp³-hybridized carbons (Fsp3) is 0.556. The summed E-state index contributed by atoms with van der Waals surface area (Å²) in [5.41, 5.74) is 0. The van der Waals surface area contributed by atoms with Crippen LogP contribution in [0.5, 0.6) is 0 Å². The number of nitrogens with zero attached hydrogens (tertiary/aromatic N) is 3. The Labute approximate surface area is 82.0 Å². The topological polar surface area (TPSA) is 58.4 Å². The lowest BCUT2D eigenvalue weighted by molar-refractivity contribution is -0.138. The van der Waals surface area contributed by atoms with E-state index < -0.39 is 12.0 Å². The van der Waals surface area contributed by atoms with Gasteiger partial charge in [-0.05, 0) is 12.8 Å². The van der Waals surface area contributed by atoms with Crippen LogP contribution >= 0.6 is 0 Å². The van der Waals surface area contributed by atoms with E-state index in [0.29, 0.717) is 6.42 Å². The van der Waals surface area contributed by atoms with Crippen LogP contribution in [0.25, 0.3) is 0 Å². The van der Waals surface area contributed by atoms with Crippen molar-refractivity contribution in [2.45, 2.75) is 18.9 Å². The summed E-state index contributed by atoms with van der Waals surface area (Å²) in [5, 5.41) is 8.99. The molecule has 5 nitrogen and oxygen atoms in total. The van der Waals surface area contributed by atoms with Gasteiger partial charge < -0.3 is 14.6 Å². The van der Waals surface area contributed by atoms with Crippen molar-refractivity contribution in [1.82, 2.24) is 9.55 Å². The van der Waals surface area contributed by atoms with Gasteiger partial charge in [-0.1, -0.05) is 0 Å². The molecule has 1 aliphatic heterocycles. The highest BCUT2D eigenvalue weighted by Crippen LogP contribution is 2.23. The number of aliphatic carboxylic acids is 1. The smallest absolute Gasteiger partial charge is 0.326 e. The Balaban J connectivity index is 2.26. The predicted molar refractivity (Wildman–Crippen MR) is 51.2 cm³/mol. The van der Waals surface area contributed by atoms with Crippen LogP contribution in [-0.4, -0.2) is 33.2 Å². The zero-order valence-electron chi connectivity index (χ0n) is 8.05. The monoisotopic (exact) mass is 195 g/mol. The first-order chi connectivity index (χ1) is 6.70. The standard InChI is InChI=1S/C9H13N3O2/c1-11-6-4-10-9(11)12-5-2-3-7(12)8(13)14/h4,6-7H,2-3,5H2,1H3,(H,13,14). The van der Waals surface area contributed by atoms with E-state index in [1.165, 1.54) is 0 Å².